The van der Waals surface area contributed by atoms with Gasteiger partial charge in [0.2, 0.25) is 0 Å². The van der Waals surface area contributed by atoms with Gasteiger partial charge in [-0.2, -0.15) is 0 Å². The first-order valence-electron chi connectivity index (χ1n) is 9.81. The fraction of sp³-hybridized carbons (Fsp3) is 0.160. The van der Waals surface area contributed by atoms with E-state index in [0.29, 0.717) is 16.8 Å². The van der Waals surface area contributed by atoms with E-state index in [1.165, 1.54) is 7.11 Å². The Bertz CT molecular complexity index is 1050. The fourth-order valence-electron chi connectivity index (χ4n) is 4.11. The van der Waals surface area contributed by atoms with Crippen molar-refractivity contribution >= 4 is 17.3 Å². The second-order valence-electron chi connectivity index (χ2n) is 7.20. The first-order chi connectivity index (χ1) is 14.6. The Labute approximate surface area is 176 Å². The maximum absolute atomic E-state index is 12.9. The Kier molecular flexibility index (Phi) is 5.29. The summed E-state index contributed by atoms with van der Waals surface area (Å²) >= 11 is 0. The van der Waals surface area contributed by atoms with E-state index in [-0.39, 0.29) is 0 Å². The molecule has 0 saturated carbocycles. The Balaban J connectivity index is 1.94. The number of esters is 1. The molecule has 3 aromatic carbocycles. The molecule has 0 radical (unpaired) electrons. The van der Waals surface area contributed by atoms with Crippen LogP contribution in [0.3, 0.4) is 0 Å². The molecule has 3 aromatic rings. The molecule has 0 fully saturated rings. The lowest BCUT2D eigenvalue weighted by Crippen LogP contribution is -2.52. The van der Waals surface area contributed by atoms with Gasteiger partial charge in [-0.15, -0.1) is 0 Å². The molecular weight excluding hydrogens is 376 g/mol. The molecule has 0 aliphatic carbocycles. The first-order valence-corrected chi connectivity index (χ1v) is 9.81. The number of ether oxygens (including phenoxy) is 1. The van der Waals surface area contributed by atoms with E-state index >= 15 is 0 Å². The molecule has 2 atom stereocenters. The lowest BCUT2D eigenvalue weighted by Gasteiger charge is -2.41. The van der Waals surface area contributed by atoms with Crippen molar-refractivity contribution in [2.24, 2.45) is 0 Å². The summed E-state index contributed by atoms with van der Waals surface area (Å²) < 4.78 is 5.11. The number of para-hydroxylation sites is 2. The first kappa shape index (κ1) is 19.7. The number of benzene rings is 3. The van der Waals surface area contributed by atoms with Crippen molar-refractivity contribution in [3.63, 3.8) is 0 Å². The summed E-state index contributed by atoms with van der Waals surface area (Å²) in [4.78, 5) is 14.7. The Morgan fingerprint density at radius 3 is 2.03 bits per heavy atom. The van der Waals surface area contributed by atoms with Gasteiger partial charge in [-0.05, 0) is 31.2 Å². The van der Waals surface area contributed by atoms with Crippen LogP contribution in [-0.4, -0.2) is 24.2 Å². The second kappa shape index (κ2) is 8.05. The average Bonchev–Trinajstić information content (AvgIpc) is 3.02. The number of rotatable bonds is 5. The molecule has 5 nitrogen and oxygen atoms in total. The highest BCUT2D eigenvalue weighted by molar-refractivity contribution is 5.94. The van der Waals surface area contributed by atoms with Crippen LogP contribution in [0.25, 0.3) is 0 Å². The summed E-state index contributed by atoms with van der Waals surface area (Å²) in [5.41, 5.74) is 1.71. The van der Waals surface area contributed by atoms with E-state index in [0.717, 1.165) is 11.4 Å². The Morgan fingerprint density at radius 2 is 1.47 bits per heavy atom. The van der Waals surface area contributed by atoms with Gasteiger partial charge >= 0.3 is 5.97 Å². The lowest BCUT2D eigenvalue weighted by molar-refractivity contribution is -0.136. The highest BCUT2D eigenvalue weighted by Crippen LogP contribution is 2.47. The number of nitrogens with one attached hydrogen (secondary N) is 1. The third-order valence-electron chi connectivity index (χ3n) is 5.46. The van der Waals surface area contributed by atoms with E-state index in [4.69, 9.17) is 4.74 Å². The molecule has 0 bridgehead atoms. The van der Waals surface area contributed by atoms with Gasteiger partial charge in [0, 0.05) is 22.6 Å². The van der Waals surface area contributed by atoms with Gasteiger partial charge in [0.05, 0.1) is 12.7 Å². The Morgan fingerprint density at radius 1 is 0.933 bits per heavy atom. The van der Waals surface area contributed by atoms with Gasteiger partial charge in [0.25, 0.3) is 0 Å². The van der Waals surface area contributed by atoms with Crippen molar-refractivity contribution in [1.29, 1.82) is 0 Å². The van der Waals surface area contributed by atoms with Crippen molar-refractivity contribution in [2.45, 2.75) is 18.7 Å². The van der Waals surface area contributed by atoms with E-state index in [1.807, 2.05) is 97.9 Å². The summed E-state index contributed by atoms with van der Waals surface area (Å²) in [5, 5.41) is 15.7. The maximum Gasteiger partial charge on any atom is 0.337 e. The van der Waals surface area contributed by atoms with Crippen molar-refractivity contribution in [3.05, 3.63) is 108 Å². The summed E-state index contributed by atoms with van der Waals surface area (Å²) in [7, 11) is 1.36. The predicted molar refractivity (Wildman–Crippen MR) is 118 cm³/mol. The van der Waals surface area contributed by atoms with Crippen LogP contribution in [0.5, 0.6) is 0 Å². The van der Waals surface area contributed by atoms with E-state index in [9.17, 15) is 9.90 Å². The van der Waals surface area contributed by atoms with Gasteiger partial charge in [0.1, 0.15) is 6.04 Å². The highest BCUT2D eigenvalue weighted by Gasteiger charge is 2.55. The van der Waals surface area contributed by atoms with Crippen LogP contribution in [-0.2, 0) is 15.3 Å². The molecule has 2 unspecified atom stereocenters. The minimum atomic E-state index is -1.55. The largest absolute Gasteiger partial charge is 0.466 e. The van der Waals surface area contributed by atoms with Gasteiger partial charge in [-0.25, -0.2) is 4.79 Å². The third-order valence-corrected chi connectivity index (χ3v) is 5.46. The number of nitrogens with zero attached hydrogens (tertiary/aromatic N) is 1. The number of allylic oxidation sites excluding steroid dienone is 1. The van der Waals surface area contributed by atoms with Crippen LogP contribution in [0.15, 0.2) is 102 Å². The predicted octanol–water partition coefficient (Wildman–Crippen LogP) is 4.28. The monoisotopic (exact) mass is 400 g/mol. The van der Waals surface area contributed by atoms with Crippen molar-refractivity contribution in [1.82, 2.24) is 0 Å². The summed E-state index contributed by atoms with van der Waals surface area (Å²) in [5.74, 6) is -0.478. The molecule has 152 valence electrons. The molecule has 0 saturated heterocycles. The van der Waals surface area contributed by atoms with Crippen LogP contribution < -0.4 is 10.2 Å². The van der Waals surface area contributed by atoms with Gasteiger partial charge in [0.15, 0.2) is 5.72 Å². The molecule has 0 amide bonds. The molecule has 5 heteroatoms. The van der Waals surface area contributed by atoms with E-state index < -0.39 is 17.7 Å². The quantitative estimate of drug-likeness (QED) is 0.626. The standard InChI is InChI=1S/C25H24N2O3/c1-18-22(24(28)30-2)23(26-20-14-8-4-9-15-20)25(29,19-12-6-3-7-13-19)27(18)21-16-10-5-11-17-21/h3-17,23,26,29H,1-2H3. The third kappa shape index (κ3) is 3.23. The molecule has 0 spiro atoms. The zero-order chi connectivity index (χ0) is 21.1. The van der Waals surface area contributed by atoms with E-state index in [2.05, 4.69) is 5.32 Å². The summed E-state index contributed by atoms with van der Waals surface area (Å²) in [6, 6.07) is 27.7. The zero-order valence-corrected chi connectivity index (χ0v) is 16.9. The maximum atomic E-state index is 12.9. The van der Waals surface area contributed by atoms with Crippen LogP contribution >= 0.6 is 0 Å². The number of carbonyl (C=O) groups is 1. The van der Waals surface area contributed by atoms with E-state index in [1.54, 1.807) is 4.90 Å². The van der Waals surface area contributed by atoms with Crippen molar-refractivity contribution in [2.75, 3.05) is 17.3 Å². The van der Waals surface area contributed by atoms with Crippen molar-refractivity contribution in [3.8, 4) is 0 Å². The van der Waals surface area contributed by atoms with Gasteiger partial charge < -0.3 is 20.1 Å². The number of hydrogen-bond acceptors (Lipinski definition) is 5. The van der Waals surface area contributed by atoms with Crippen LogP contribution in [0.2, 0.25) is 0 Å². The minimum Gasteiger partial charge on any atom is -0.466 e. The van der Waals surface area contributed by atoms with Crippen LogP contribution in [0.1, 0.15) is 12.5 Å². The Hall–Kier alpha value is -3.57. The topological polar surface area (TPSA) is 61.8 Å². The number of methoxy groups -OCH3 is 1. The number of carbonyl (C=O) groups excluding carboxylic acids is 1. The highest BCUT2D eigenvalue weighted by atomic mass is 16.5. The van der Waals surface area contributed by atoms with Gasteiger partial charge in [-0.3, -0.25) is 0 Å². The molecule has 4 rings (SSSR count). The fourth-order valence-corrected chi connectivity index (χ4v) is 4.11. The minimum absolute atomic E-state index is 0.386. The smallest absolute Gasteiger partial charge is 0.337 e. The second-order valence-corrected chi connectivity index (χ2v) is 7.20. The normalized spacial score (nSPS) is 20.9. The molecule has 2 N–H and O–H groups in total. The number of hydrogen-bond donors (Lipinski definition) is 2. The number of aliphatic hydroxyl groups is 1. The molecular formula is C25H24N2O3. The van der Waals surface area contributed by atoms with Gasteiger partial charge in [-0.1, -0.05) is 66.7 Å². The molecule has 30 heavy (non-hydrogen) atoms. The van der Waals surface area contributed by atoms with Crippen LogP contribution in [0.4, 0.5) is 11.4 Å². The number of anilines is 2. The molecule has 1 aliphatic rings. The summed E-state index contributed by atoms with van der Waals surface area (Å²) in [6.45, 7) is 1.83. The van der Waals surface area contributed by atoms with Crippen molar-refractivity contribution < 1.29 is 14.6 Å². The molecule has 0 aromatic heterocycles. The molecule has 1 aliphatic heterocycles. The average molecular weight is 400 g/mol. The SMILES string of the molecule is COC(=O)C1=C(C)N(c2ccccc2)C(O)(c2ccccc2)C1Nc1ccccc1. The van der Waals surface area contributed by atoms with Crippen LogP contribution in [0, 0.1) is 0 Å². The summed E-state index contributed by atoms with van der Waals surface area (Å²) in [6.07, 6.45) is 0. The lowest BCUT2D eigenvalue weighted by atomic mass is 9.91. The molecule has 1 heterocycles. The zero-order valence-electron chi connectivity index (χ0n) is 16.9.